The van der Waals surface area contributed by atoms with Crippen molar-refractivity contribution in [2.75, 3.05) is 23.7 Å². The van der Waals surface area contributed by atoms with Gasteiger partial charge in [-0.1, -0.05) is 0 Å². The van der Waals surface area contributed by atoms with Gasteiger partial charge in [-0.2, -0.15) is 0 Å². The van der Waals surface area contributed by atoms with Gasteiger partial charge in [-0.05, 0) is 31.0 Å². The topological polar surface area (TPSA) is 92.3 Å². The highest BCUT2D eigenvalue weighted by atomic mass is 16.4. The number of piperidine rings is 1. The molecule has 1 saturated heterocycles. The maximum atomic E-state index is 11.1. The number of fused-ring (bicyclic) bond motifs is 1. The van der Waals surface area contributed by atoms with Gasteiger partial charge in [-0.3, -0.25) is 9.78 Å². The van der Waals surface area contributed by atoms with E-state index in [0.29, 0.717) is 12.2 Å². The van der Waals surface area contributed by atoms with Gasteiger partial charge in [0.15, 0.2) is 0 Å². The van der Waals surface area contributed by atoms with E-state index < -0.39 is 5.97 Å². The molecule has 2 aromatic rings. The third kappa shape index (κ3) is 2.36. The van der Waals surface area contributed by atoms with Crippen LogP contribution in [-0.4, -0.2) is 34.1 Å². The molecule has 1 unspecified atom stereocenters. The molecule has 0 saturated carbocycles. The molecule has 6 heteroatoms. The normalized spacial score (nSPS) is 19.2. The van der Waals surface area contributed by atoms with E-state index in [-0.39, 0.29) is 5.92 Å². The number of hydrogen-bond donors (Lipinski definition) is 2. The number of nitrogen functional groups attached to an aromatic ring is 1. The third-order valence-electron chi connectivity index (χ3n) is 3.65. The Hall–Kier alpha value is -2.37. The first kappa shape index (κ1) is 12.7. The lowest BCUT2D eigenvalue weighted by Gasteiger charge is -2.31. The van der Waals surface area contributed by atoms with Crippen molar-refractivity contribution in [1.29, 1.82) is 0 Å². The van der Waals surface area contributed by atoms with Crippen LogP contribution in [0.3, 0.4) is 0 Å². The largest absolute Gasteiger partial charge is 0.481 e. The van der Waals surface area contributed by atoms with Gasteiger partial charge >= 0.3 is 5.97 Å². The zero-order valence-corrected chi connectivity index (χ0v) is 11.0. The summed E-state index contributed by atoms with van der Waals surface area (Å²) in [6.45, 7) is 1.31. The quantitative estimate of drug-likeness (QED) is 0.805. The molecule has 104 valence electrons. The van der Waals surface area contributed by atoms with Gasteiger partial charge in [0.2, 0.25) is 0 Å². The molecule has 0 radical (unpaired) electrons. The predicted molar refractivity (Wildman–Crippen MR) is 76.5 cm³/mol. The molecule has 3 rings (SSSR count). The Morgan fingerprint density at radius 3 is 3.05 bits per heavy atom. The first-order valence-corrected chi connectivity index (χ1v) is 6.63. The van der Waals surface area contributed by atoms with Crippen molar-refractivity contribution < 1.29 is 9.90 Å². The van der Waals surface area contributed by atoms with Crippen molar-refractivity contribution in [3.05, 3.63) is 24.4 Å². The number of nitrogens with zero attached hydrogens (tertiary/aromatic N) is 3. The highest BCUT2D eigenvalue weighted by Gasteiger charge is 2.26. The molecule has 1 atom stereocenters. The van der Waals surface area contributed by atoms with Gasteiger partial charge in [-0.25, -0.2) is 4.98 Å². The maximum Gasteiger partial charge on any atom is 0.308 e. The summed E-state index contributed by atoms with van der Waals surface area (Å²) in [5, 5.41) is 9.13. The summed E-state index contributed by atoms with van der Waals surface area (Å²) in [7, 11) is 0. The van der Waals surface area contributed by atoms with E-state index in [2.05, 4.69) is 9.97 Å². The first-order chi connectivity index (χ1) is 9.63. The molecule has 1 aliphatic rings. The van der Waals surface area contributed by atoms with Crippen LogP contribution in [0.1, 0.15) is 12.8 Å². The van der Waals surface area contributed by atoms with Crippen molar-refractivity contribution >= 4 is 28.5 Å². The van der Waals surface area contributed by atoms with Gasteiger partial charge in [0.05, 0.1) is 23.1 Å². The molecule has 0 amide bonds. The Labute approximate surface area is 116 Å². The van der Waals surface area contributed by atoms with E-state index in [1.54, 1.807) is 18.3 Å². The monoisotopic (exact) mass is 272 g/mol. The van der Waals surface area contributed by atoms with Gasteiger partial charge in [-0.15, -0.1) is 0 Å². The third-order valence-corrected chi connectivity index (χ3v) is 3.65. The van der Waals surface area contributed by atoms with Crippen LogP contribution in [0.2, 0.25) is 0 Å². The van der Waals surface area contributed by atoms with Crippen LogP contribution >= 0.6 is 0 Å². The summed E-state index contributed by atoms with van der Waals surface area (Å²) in [4.78, 5) is 22.0. The second kappa shape index (κ2) is 4.96. The average Bonchev–Trinajstić information content (AvgIpc) is 2.47. The minimum absolute atomic E-state index is 0.326. The van der Waals surface area contributed by atoms with E-state index in [1.807, 2.05) is 11.0 Å². The maximum absolute atomic E-state index is 11.1. The van der Waals surface area contributed by atoms with Crippen LogP contribution in [-0.2, 0) is 4.79 Å². The SMILES string of the molecule is Nc1ccc2nc(N3CCCC(C(=O)O)C3)cnc2c1. The molecule has 1 aromatic carbocycles. The molecule has 0 spiro atoms. The molecule has 0 bridgehead atoms. The smallest absolute Gasteiger partial charge is 0.308 e. The Bertz CT molecular complexity index is 659. The number of aromatic nitrogens is 2. The predicted octanol–water partition coefficient (Wildman–Crippen LogP) is 1.51. The van der Waals surface area contributed by atoms with Crippen LogP contribution in [0.5, 0.6) is 0 Å². The summed E-state index contributed by atoms with van der Waals surface area (Å²) in [6, 6.07) is 5.40. The van der Waals surface area contributed by atoms with Gasteiger partial charge in [0.25, 0.3) is 0 Å². The van der Waals surface area contributed by atoms with Crippen LogP contribution < -0.4 is 10.6 Å². The van der Waals surface area contributed by atoms with E-state index in [0.717, 1.165) is 36.2 Å². The molecular weight excluding hydrogens is 256 g/mol. The van der Waals surface area contributed by atoms with E-state index in [4.69, 9.17) is 10.8 Å². The van der Waals surface area contributed by atoms with Crippen LogP contribution in [0, 0.1) is 5.92 Å². The lowest BCUT2D eigenvalue weighted by atomic mass is 9.98. The second-order valence-corrected chi connectivity index (χ2v) is 5.10. The van der Waals surface area contributed by atoms with Crippen LogP contribution in [0.4, 0.5) is 11.5 Å². The second-order valence-electron chi connectivity index (χ2n) is 5.10. The molecule has 2 heterocycles. The Morgan fingerprint density at radius 2 is 2.25 bits per heavy atom. The Kier molecular flexibility index (Phi) is 3.14. The number of anilines is 2. The fraction of sp³-hybridized carbons (Fsp3) is 0.357. The molecule has 1 aliphatic heterocycles. The zero-order valence-electron chi connectivity index (χ0n) is 11.0. The van der Waals surface area contributed by atoms with Crippen molar-refractivity contribution in [2.45, 2.75) is 12.8 Å². The molecule has 6 nitrogen and oxygen atoms in total. The lowest BCUT2D eigenvalue weighted by Crippen LogP contribution is -2.39. The van der Waals surface area contributed by atoms with E-state index in [1.165, 1.54) is 0 Å². The number of rotatable bonds is 2. The summed E-state index contributed by atoms with van der Waals surface area (Å²) in [6.07, 6.45) is 3.27. The molecular formula is C14H16N4O2. The number of nitrogens with two attached hydrogens (primary N) is 1. The molecule has 3 N–H and O–H groups in total. The number of carboxylic acids is 1. The highest BCUT2D eigenvalue weighted by molar-refractivity contribution is 5.79. The fourth-order valence-corrected chi connectivity index (χ4v) is 2.56. The molecule has 1 fully saturated rings. The number of aliphatic carboxylic acids is 1. The van der Waals surface area contributed by atoms with Crippen LogP contribution in [0.15, 0.2) is 24.4 Å². The van der Waals surface area contributed by atoms with Crippen molar-refractivity contribution in [2.24, 2.45) is 5.92 Å². The average molecular weight is 272 g/mol. The number of benzene rings is 1. The fourth-order valence-electron chi connectivity index (χ4n) is 2.56. The number of carboxylic acid groups (broad SMARTS) is 1. The van der Waals surface area contributed by atoms with Crippen molar-refractivity contribution in [1.82, 2.24) is 9.97 Å². The van der Waals surface area contributed by atoms with Gasteiger partial charge < -0.3 is 15.7 Å². The van der Waals surface area contributed by atoms with Gasteiger partial charge in [0.1, 0.15) is 5.82 Å². The minimum atomic E-state index is -0.740. The Balaban J connectivity index is 1.90. The number of carbonyl (C=O) groups is 1. The van der Waals surface area contributed by atoms with Gasteiger partial charge in [0, 0.05) is 18.8 Å². The summed E-state index contributed by atoms with van der Waals surface area (Å²) >= 11 is 0. The molecule has 0 aliphatic carbocycles. The summed E-state index contributed by atoms with van der Waals surface area (Å²) in [5.74, 6) is -0.336. The summed E-state index contributed by atoms with van der Waals surface area (Å²) in [5.41, 5.74) is 7.89. The minimum Gasteiger partial charge on any atom is -0.481 e. The van der Waals surface area contributed by atoms with E-state index in [9.17, 15) is 4.79 Å². The van der Waals surface area contributed by atoms with Crippen LogP contribution in [0.25, 0.3) is 11.0 Å². The standard InChI is InChI=1S/C14H16N4O2/c15-10-3-4-11-12(6-10)16-7-13(17-11)18-5-1-2-9(8-18)14(19)20/h3-4,6-7,9H,1-2,5,8,15H2,(H,19,20). The lowest BCUT2D eigenvalue weighted by molar-refractivity contribution is -0.141. The number of hydrogen-bond acceptors (Lipinski definition) is 5. The molecule has 1 aromatic heterocycles. The zero-order chi connectivity index (χ0) is 14.1. The van der Waals surface area contributed by atoms with Crippen molar-refractivity contribution in [3.8, 4) is 0 Å². The molecule has 20 heavy (non-hydrogen) atoms. The van der Waals surface area contributed by atoms with E-state index >= 15 is 0 Å². The van der Waals surface area contributed by atoms with Crippen molar-refractivity contribution in [3.63, 3.8) is 0 Å². The summed E-state index contributed by atoms with van der Waals surface area (Å²) < 4.78 is 0. The Morgan fingerprint density at radius 1 is 1.40 bits per heavy atom. The first-order valence-electron chi connectivity index (χ1n) is 6.63. The highest BCUT2D eigenvalue weighted by Crippen LogP contribution is 2.23.